The highest BCUT2D eigenvalue weighted by molar-refractivity contribution is 8.00. The first-order valence-electron chi connectivity index (χ1n) is 2.47. The van der Waals surface area contributed by atoms with Crippen LogP contribution in [0.4, 0.5) is 13.2 Å². The largest absolute Gasteiger partial charge is 0.441 e. The maximum atomic E-state index is 11.3. The van der Waals surface area contributed by atoms with Gasteiger partial charge in [-0.3, -0.25) is 0 Å². The van der Waals surface area contributed by atoms with E-state index in [1.54, 1.807) is 0 Å². The fraction of sp³-hybridized carbons (Fsp3) is 1.00. The van der Waals surface area contributed by atoms with E-state index in [9.17, 15) is 13.2 Å². The molecule has 0 unspecified atom stereocenters. The minimum absolute atomic E-state index is 0. The van der Waals surface area contributed by atoms with Gasteiger partial charge in [-0.05, 0) is 13.0 Å². The van der Waals surface area contributed by atoms with Crippen molar-refractivity contribution in [3.05, 3.63) is 0 Å². The van der Waals surface area contributed by atoms with Crippen LogP contribution in [0.15, 0.2) is 0 Å². The van der Waals surface area contributed by atoms with Gasteiger partial charge in [-0.25, -0.2) is 0 Å². The highest BCUT2D eigenvalue weighted by Crippen LogP contribution is 2.30. The van der Waals surface area contributed by atoms with Crippen LogP contribution in [0.5, 0.6) is 0 Å². The van der Waals surface area contributed by atoms with Crippen molar-refractivity contribution in [2.24, 2.45) is 5.73 Å². The van der Waals surface area contributed by atoms with Crippen LogP contribution in [0.25, 0.3) is 0 Å². The van der Waals surface area contributed by atoms with Gasteiger partial charge in [0, 0.05) is 5.75 Å². The molecule has 0 saturated carbocycles. The molecule has 0 aliphatic heterocycles. The third-order valence-electron chi connectivity index (χ3n) is 0.614. The molecule has 0 saturated heterocycles. The van der Waals surface area contributed by atoms with E-state index in [4.69, 9.17) is 5.73 Å². The monoisotopic (exact) mass is 195 g/mol. The quantitative estimate of drug-likeness (QED) is 0.698. The Balaban J connectivity index is 0. The molecule has 0 bridgehead atoms. The summed E-state index contributed by atoms with van der Waals surface area (Å²) >= 11 is -0.0219. The molecule has 0 spiro atoms. The van der Waals surface area contributed by atoms with Crippen LogP contribution in [-0.2, 0) is 0 Å². The van der Waals surface area contributed by atoms with E-state index in [2.05, 4.69) is 0 Å². The Bertz CT molecular complexity index is 77.4. The van der Waals surface area contributed by atoms with Gasteiger partial charge in [0.05, 0.1) is 0 Å². The Kier molecular flexibility index (Phi) is 7.97. The van der Waals surface area contributed by atoms with E-state index >= 15 is 0 Å². The summed E-state index contributed by atoms with van der Waals surface area (Å²) in [4.78, 5) is 0. The fourth-order valence-electron chi connectivity index (χ4n) is 0.271. The second-order valence-corrected chi connectivity index (χ2v) is 2.60. The van der Waals surface area contributed by atoms with Crippen molar-refractivity contribution in [2.45, 2.75) is 11.9 Å². The SMILES string of the molecule is Cl.NCCCSC(F)(F)F. The Hall–Kier alpha value is 0.390. The van der Waals surface area contributed by atoms with Gasteiger partial charge in [-0.15, -0.1) is 12.4 Å². The van der Waals surface area contributed by atoms with E-state index in [1.807, 2.05) is 0 Å². The average molecular weight is 196 g/mol. The van der Waals surface area contributed by atoms with Crippen molar-refractivity contribution >= 4 is 24.2 Å². The van der Waals surface area contributed by atoms with Crippen LogP contribution >= 0.6 is 24.2 Å². The molecule has 0 rings (SSSR count). The molecule has 64 valence electrons. The molecule has 2 N–H and O–H groups in total. The van der Waals surface area contributed by atoms with Crippen molar-refractivity contribution < 1.29 is 13.2 Å². The Morgan fingerprint density at radius 3 is 2.10 bits per heavy atom. The molecule has 0 aliphatic carbocycles. The number of hydrogen-bond acceptors (Lipinski definition) is 2. The van der Waals surface area contributed by atoms with E-state index < -0.39 is 5.51 Å². The lowest BCUT2D eigenvalue weighted by Gasteiger charge is -2.02. The summed E-state index contributed by atoms with van der Waals surface area (Å²) in [5.41, 5.74) is 0.889. The predicted octanol–water partition coefficient (Wildman–Crippen LogP) is 2.01. The molecule has 0 amide bonds. The second-order valence-electron chi connectivity index (χ2n) is 1.44. The van der Waals surface area contributed by atoms with Crippen molar-refractivity contribution in [3.63, 3.8) is 0 Å². The molecule has 0 aromatic heterocycles. The standard InChI is InChI=1S/C4H8F3NS.ClH/c5-4(6,7)9-3-1-2-8;/h1-3,8H2;1H. The van der Waals surface area contributed by atoms with Gasteiger partial charge in [0.15, 0.2) is 0 Å². The van der Waals surface area contributed by atoms with Crippen LogP contribution in [0.1, 0.15) is 6.42 Å². The first-order valence-corrected chi connectivity index (χ1v) is 3.45. The normalized spacial score (nSPS) is 10.8. The van der Waals surface area contributed by atoms with Gasteiger partial charge in [0.1, 0.15) is 0 Å². The lowest BCUT2D eigenvalue weighted by atomic mass is 10.5. The summed E-state index contributed by atoms with van der Waals surface area (Å²) in [5.74, 6) is 0.0694. The van der Waals surface area contributed by atoms with E-state index in [-0.39, 0.29) is 29.9 Å². The van der Waals surface area contributed by atoms with Crippen LogP contribution in [-0.4, -0.2) is 17.8 Å². The maximum absolute atomic E-state index is 11.3. The zero-order valence-corrected chi connectivity index (χ0v) is 6.78. The number of nitrogens with two attached hydrogens (primary N) is 1. The van der Waals surface area contributed by atoms with Crippen molar-refractivity contribution in [3.8, 4) is 0 Å². The van der Waals surface area contributed by atoms with E-state index in [0.29, 0.717) is 13.0 Å². The van der Waals surface area contributed by atoms with E-state index in [1.165, 1.54) is 0 Å². The Morgan fingerprint density at radius 2 is 1.80 bits per heavy atom. The molecule has 0 aromatic rings. The molecular formula is C4H9ClF3NS. The van der Waals surface area contributed by atoms with Gasteiger partial charge >= 0.3 is 5.51 Å². The highest BCUT2D eigenvalue weighted by Gasteiger charge is 2.26. The number of alkyl halides is 3. The van der Waals surface area contributed by atoms with Crippen LogP contribution in [0.3, 0.4) is 0 Å². The minimum Gasteiger partial charge on any atom is -0.330 e. The fourth-order valence-corrected chi connectivity index (χ4v) is 0.814. The van der Waals surface area contributed by atoms with Gasteiger partial charge in [-0.2, -0.15) is 13.2 Å². The lowest BCUT2D eigenvalue weighted by Crippen LogP contribution is -2.05. The van der Waals surface area contributed by atoms with Gasteiger partial charge in [0.25, 0.3) is 0 Å². The third kappa shape index (κ3) is 11.2. The summed E-state index contributed by atoms with van der Waals surface area (Å²) < 4.78 is 33.9. The average Bonchev–Trinajstić information content (AvgIpc) is 1.63. The summed E-state index contributed by atoms with van der Waals surface area (Å²) in [5, 5.41) is 0. The van der Waals surface area contributed by atoms with Crippen LogP contribution in [0.2, 0.25) is 0 Å². The molecule has 1 nitrogen and oxygen atoms in total. The summed E-state index contributed by atoms with van der Waals surface area (Å²) in [6.07, 6.45) is 0.421. The molecule has 0 fully saturated rings. The van der Waals surface area contributed by atoms with Crippen molar-refractivity contribution in [2.75, 3.05) is 12.3 Å². The molecular weight excluding hydrogens is 187 g/mol. The topological polar surface area (TPSA) is 26.0 Å². The molecule has 0 heterocycles. The van der Waals surface area contributed by atoms with E-state index in [0.717, 1.165) is 0 Å². The molecule has 0 aromatic carbocycles. The summed E-state index contributed by atoms with van der Waals surface area (Å²) in [6.45, 7) is 0.322. The number of halogens is 4. The first-order chi connectivity index (χ1) is 4.06. The first kappa shape index (κ1) is 13.0. The third-order valence-corrected chi connectivity index (χ3v) is 1.43. The number of hydrogen-bond donors (Lipinski definition) is 1. The highest BCUT2D eigenvalue weighted by atomic mass is 35.5. The second kappa shape index (κ2) is 6.12. The Morgan fingerprint density at radius 1 is 1.30 bits per heavy atom. The molecule has 0 aliphatic rings. The smallest absolute Gasteiger partial charge is 0.330 e. The maximum Gasteiger partial charge on any atom is 0.441 e. The number of thioether (sulfide) groups is 1. The molecule has 10 heavy (non-hydrogen) atoms. The molecule has 0 radical (unpaired) electrons. The van der Waals surface area contributed by atoms with Crippen LogP contribution in [0, 0.1) is 0 Å². The van der Waals surface area contributed by atoms with Gasteiger partial charge in [0.2, 0.25) is 0 Å². The zero-order valence-electron chi connectivity index (χ0n) is 5.15. The lowest BCUT2D eigenvalue weighted by molar-refractivity contribution is -0.0327. The van der Waals surface area contributed by atoms with Crippen molar-refractivity contribution in [1.82, 2.24) is 0 Å². The number of rotatable bonds is 3. The predicted molar refractivity (Wildman–Crippen MR) is 39.4 cm³/mol. The van der Waals surface area contributed by atoms with Gasteiger partial charge < -0.3 is 5.73 Å². The van der Waals surface area contributed by atoms with Crippen molar-refractivity contribution in [1.29, 1.82) is 0 Å². The van der Waals surface area contributed by atoms with Gasteiger partial charge in [-0.1, -0.05) is 11.8 Å². The molecule has 6 heteroatoms. The zero-order chi connectivity index (χ0) is 7.33. The molecule has 0 atom stereocenters. The summed E-state index contributed by atoms with van der Waals surface area (Å²) in [7, 11) is 0. The van der Waals surface area contributed by atoms with Crippen LogP contribution < -0.4 is 5.73 Å². The Labute approximate surface area is 67.9 Å². The summed E-state index contributed by atoms with van der Waals surface area (Å²) in [6, 6.07) is 0. The minimum atomic E-state index is -4.09.